The second kappa shape index (κ2) is 6.84. The number of carbonyl (C=O) groups is 1. The van der Waals surface area contributed by atoms with Crippen LogP contribution in [0.1, 0.15) is 24.5 Å². The molecule has 0 aliphatic carbocycles. The molecule has 1 aromatic carbocycles. The number of carbonyl (C=O) groups excluding carboxylic acids is 1. The Kier molecular flexibility index (Phi) is 5.11. The molecule has 1 amide bonds. The molecule has 1 heterocycles. The van der Waals surface area contributed by atoms with Gasteiger partial charge in [0.05, 0.1) is 23.4 Å². The zero-order valence-corrected chi connectivity index (χ0v) is 12.7. The van der Waals surface area contributed by atoms with Crippen LogP contribution in [-0.4, -0.2) is 40.9 Å². The third-order valence-corrected chi connectivity index (χ3v) is 4.13. The molecule has 2 atom stereocenters. The van der Waals surface area contributed by atoms with Crippen LogP contribution in [0, 0.1) is 0 Å². The third kappa shape index (κ3) is 3.90. The first kappa shape index (κ1) is 15.7. The Bertz CT molecular complexity index is 628. The second-order valence-corrected chi connectivity index (χ2v) is 5.73. The zero-order valence-electron chi connectivity index (χ0n) is 11.9. The molecule has 21 heavy (non-hydrogen) atoms. The van der Waals surface area contributed by atoms with Gasteiger partial charge in [-0.3, -0.25) is 4.79 Å². The molecular formula is C14H18N2O4S. The van der Waals surface area contributed by atoms with Gasteiger partial charge in [-0.25, -0.2) is 4.98 Å². The van der Waals surface area contributed by atoms with E-state index in [2.05, 4.69) is 10.3 Å². The molecule has 2 rings (SSSR count). The molecular weight excluding hydrogens is 292 g/mol. The van der Waals surface area contributed by atoms with Crippen LogP contribution in [0.2, 0.25) is 0 Å². The molecule has 2 unspecified atom stereocenters. The Labute approximate surface area is 126 Å². The van der Waals surface area contributed by atoms with E-state index in [9.17, 15) is 15.0 Å². The van der Waals surface area contributed by atoms with Gasteiger partial charge in [0.1, 0.15) is 16.9 Å². The number of aliphatic hydroxyl groups excluding tert-OH is 2. The van der Waals surface area contributed by atoms with E-state index < -0.39 is 12.2 Å². The van der Waals surface area contributed by atoms with E-state index in [1.165, 1.54) is 18.3 Å². The molecule has 0 saturated carbocycles. The number of nitrogens with zero attached hydrogens (tertiary/aromatic N) is 1. The molecule has 1 aromatic heterocycles. The van der Waals surface area contributed by atoms with Gasteiger partial charge in [0, 0.05) is 13.5 Å². The summed E-state index contributed by atoms with van der Waals surface area (Å²) >= 11 is 1.31. The van der Waals surface area contributed by atoms with Crippen LogP contribution in [0.15, 0.2) is 18.2 Å². The number of thiazole rings is 1. The van der Waals surface area contributed by atoms with E-state index in [0.717, 1.165) is 16.0 Å². The fraction of sp³-hybridized carbons (Fsp3) is 0.429. The number of ether oxygens (including phenoxy) is 1. The van der Waals surface area contributed by atoms with Gasteiger partial charge in [-0.2, -0.15) is 0 Å². The van der Waals surface area contributed by atoms with Crippen molar-refractivity contribution in [3.63, 3.8) is 0 Å². The van der Waals surface area contributed by atoms with Gasteiger partial charge in [-0.15, -0.1) is 11.3 Å². The zero-order chi connectivity index (χ0) is 15.4. The van der Waals surface area contributed by atoms with Crippen molar-refractivity contribution >= 4 is 27.5 Å². The van der Waals surface area contributed by atoms with Gasteiger partial charge in [0.25, 0.3) is 0 Å². The Balaban J connectivity index is 2.07. The molecule has 0 bridgehead atoms. The van der Waals surface area contributed by atoms with Crippen molar-refractivity contribution in [1.82, 2.24) is 10.3 Å². The number of benzene rings is 1. The van der Waals surface area contributed by atoms with Gasteiger partial charge in [-0.05, 0) is 24.6 Å². The van der Waals surface area contributed by atoms with E-state index in [1.807, 2.05) is 12.1 Å². The van der Waals surface area contributed by atoms with Gasteiger partial charge >= 0.3 is 0 Å². The fourth-order valence-electron chi connectivity index (χ4n) is 1.89. The maximum Gasteiger partial charge on any atom is 0.216 e. The van der Waals surface area contributed by atoms with E-state index in [4.69, 9.17) is 4.74 Å². The molecule has 6 nitrogen and oxygen atoms in total. The van der Waals surface area contributed by atoms with Crippen molar-refractivity contribution < 1.29 is 19.7 Å². The molecule has 0 spiro atoms. The Hall–Kier alpha value is -1.70. The van der Waals surface area contributed by atoms with E-state index in [0.29, 0.717) is 11.6 Å². The molecule has 0 aliphatic heterocycles. The number of aliphatic hydroxyl groups is 2. The van der Waals surface area contributed by atoms with Gasteiger partial charge in [-0.1, -0.05) is 0 Å². The highest BCUT2D eigenvalue weighted by Gasteiger charge is 2.22. The van der Waals surface area contributed by atoms with Gasteiger partial charge < -0.3 is 20.3 Å². The summed E-state index contributed by atoms with van der Waals surface area (Å²) in [5.41, 5.74) is 0.754. The Morgan fingerprint density at radius 3 is 2.90 bits per heavy atom. The fourth-order valence-corrected chi connectivity index (χ4v) is 2.94. The number of rotatable bonds is 6. The van der Waals surface area contributed by atoms with Crippen LogP contribution in [0.5, 0.6) is 5.75 Å². The molecule has 0 fully saturated rings. The van der Waals surface area contributed by atoms with Crippen molar-refractivity contribution in [3.05, 3.63) is 23.2 Å². The standard InChI is InChI=1S/C14H18N2O4S/c1-8(17)15-6-5-11(18)13(19)14-16-10-4-3-9(20-2)7-12(10)21-14/h3-4,7,11,13,18-19H,5-6H2,1-2H3,(H,15,17). The second-order valence-electron chi connectivity index (χ2n) is 4.67. The molecule has 2 aromatic rings. The Morgan fingerprint density at radius 1 is 1.48 bits per heavy atom. The van der Waals surface area contributed by atoms with Crippen molar-refractivity contribution in [2.45, 2.75) is 25.6 Å². The Morgan fingerprint density at radius 2 is 2.24 bits per heavy atom. The van der Waals surface area contributed by atoms with Crippen LogP contribution in [-0.2, 0) is 4.79 Å². The van der Waals surface area contributed by atoms with Crippen LogP contribution < -0.4 is 10.1 Å². The number of amides is 1. The van der Waals surface area contributed by atoms with Crippen LogP contribution in [0.3, 0.4) is 0 Å². The van der Waals surface area contributed by atoms with Crippen molar-refractivity contribution in [2.24, 2.45) is 0 Å². The minimum atomic E-state index is -1.07. The maximum absolute atomic E-state index is 10.8. The summed E-state index contributed by atoms with van der Waals surface area (Å²) in [5.74, 6) is 0.558. The predicted octanol–water partition coefficient (Wildman–Crippen LogP) is 1.23. The summed E-state index contributed by atoms with van der Waals surface area (Å²) < 4.78 is 6.03. The summed E-state index contributed by atoms with van der Waals surface area (Å²) in [6.45, 7) is 1.72. The number of hydrogen-bond donors (Lipinski definition) is 3. The van der Waals surface area contributed by atoms with Crippen molar-refractivity contribution in [1.29, 1.82) is 0 Å². The average Bonchev–Trinajstić information content (AvgIpc) is 2.88. The van der Waals surface area contributed by atoms with E-state index >= 15 is 0 Å². The summed E-state index contributed by atoms with van der Waals surface area (Å²) in [4.78, 5) is 15.1. The average molecular weight is 310 g/mol. The van der Waals surface area contributed by atoms with E-state index in [-0.39, 0.29) is 12.3 Å². The predicted molar refractivity (Wildman–Crippen MR) is 80.4 cm³/mol. The highest BCUT2D eigenvalue weighted by Crippen LogP contribution is 2.31. The number of methoxy groups -OCH3 is 1. The first-order chi connectivity index (χ1) is 10.0. The number of aromatic nitrogens is 1. The largest absolute Gasteiger partial charge is 0.497 e. The summed E-state index contributed by atoms with van der Waals surface area (Å²) in [6.07, 6.45) is -1.78. The van der Waals surface area contributed by atoms with Gasteiger partial charge in [0.2, 0.25) is 5.91 Å². The lowest BCUT2D eigenvalue weighted by Crippen LogP contribution is -2.27. The van der Waals surface area contributed by atoms with Crippen LogP contribution in [0.4, 0.5) is 0 Å². The lowest BCUT2D eigenvalue weighted by molar-refractivity contribution is -0.119. The molecule has 7 heteroatoms. The summed E-state index contributed by atoms with van der Waals surface area (Å²) in [7, 11) is 1.59. The molecule has 0 radical (unpaired) electrons. The first-order valence-electron chi connectivity index (χ1n) is 6.56. The van der Waals surface area contributed by atoms with Crippen molar-refractivity contribution in [2.75, 3.05) is 13.7 Å². The molecule has 3 N–H and O–H groups in total. The summed E-state index contributed by atoms with van der Waals surface area (Å²) in [5, 5.41) is 23.1. The van der Waals surface area contributed by atoms with Crippen LogP contribution >= 0.6 is 11.3 Å². The lowest BCUT2D eigenvalue weighted by Gasteiger charge is -2.15. The maximum atomic E-state index is 10.8. The highest BCUT2D eigenvalue weighted by molar-refractivity contribution is 7.18. The SMILES string of the molecule is COc1ccc2nc(C(O)C(O)CCNC(C)=O)sc2c1. The quantitative estimate of drug-likeness (QED) is 0.746. The highest BCUT2D eigenvalue weighted by atomic mass is 32.1. The summed E-state index contributed by atoms with van der Waals surface area (Å²) in [6, 6.07) is 5.45. The van der Waals surface area contributed by atoms with Crippen molar-refractivity contribution in [3.8, 4) is 5.75 Å². The number of fused-ring (bicyclic) bond motifs is 1. The smallest absolute Gasteiger partial charge is 0.216 e. The molecule has 0 saturated heterocycles. The normalized spacial score (nSPS) is 13.9. The molecule has 114 valence electrons. The molecule has 0 aliphatic rings. The van der Waals surface area contributed by atoms with Gasteiger partial charge in [0.15, 0.2) is 0 Å². The van der Waals surface area contributed by atoms with E-state index in [1.54, 1.807) is 13.2 Å². The monoisotopic (exact) mass is 310 g/mol. The van der Waals surface area contributed by atoms with Crippen LogP contribution in [0.25, 0.3) is 10.2 Å². The topological polar surface area (TPSA) is 91.7 Å². The minimum absolute atomic E-state index is 0.163. The lowest BCUT2D eigenvalue weighted by atomic mass is 10.1. The number of hydrogen-bond acceptors (Lipinski definition) is 6. The number of nitrogens with one attached hydrogen (secondary N) is 1. The third-order valence-electron chi connectivity index (χ3n) is 3.04. The minimum Gasteiger partial charge on any atom is -0.497 e. The first-order valence-corrected chi connectivity index (χ1v) is 7.38.